The Labute approximate surface area is 104 Å². The van der Waals surface area contributed by atoms with Gasteiger partial charge in [-0.3, -0.25) is 4.90 Å². The maximum absolute atomic E-state index is 8.76. The molecule has 0 amide bonds. The molecule has 2 rings (SSSR count). The van der Waals surface area contributed by atoms with Crippen LogP contribution in [0.2, 0.25) is 0 Å². The summed E-state index contributed by atoms with van der Waals surface area (Å²) < 4.78 is 0. The zero-order valence-electron chi connectivity index (χ0n) is 10.7. The predicted molar refractivity (Wildman–Crippen MR) is 69.4 cm³/mol. The molecule has 0 N–H and O–H groups in total. The van der Waals surface area contributed by atoms with Crippen LogP contribution < -0.4 is 0 Å². The third-order valence-corrected chi connectivity index (χ3v) is 3.74. The molecule has 17 heavy (non-hydrogen) atoms. The van der Waals surface area contributed by atoms with Crippen molar-refractivity contribution in [2.24, 2.45) is 5.92 Å². The summed E-state index contributed by atoms with van der Waals surface area (Å²) in [6.07, 6.45) is 2.61. The fraction of sp³-hybridized carbons (Fsp3) is 0.533. The number of nitrogens with zero attached hydrogens (tertiary/aromatic N) is 2. The van der Waals surface area contributed by atoms with E-state index in [0.717, 1.165) is 18.0 Å². The van der Waals surface area contributed by atoms with E-state index in [1.54, 1.807) is 0 Å². The fourth-order valence-corrected chi connectivity index (χ4v) is 2.61. The van der Waals surface area contributed by atoms with Gasteiger partial charge in [-0.25, -0.2) is 0 Å². The lowest BCUT2D eigenvalue weighted by Gasteiger charge is -2.36. The summed E-state index contributed by atoms with van der Waals surface area (Å²) in [6.45, 7) is 6.87. The molecule has 90 valence electrons. The largest absolute Gasteiger partial charge is 0.296 e. The van der Waals surface area contributed by atoms with Gasteiger partial charge in [0, 0.05) is 12.6 Å². The van der Waals surface area contributed by atoms with Crippen LogP contribution in [0.5, 0.6) is 0 Å². The zero-order valence-corrected chi connectivity index (χ0v) is 10.7. The standard InChI is InChI=1S/C15H20N2/c1-12-7-8-17(13(2)9-12)11-15-5-3-14(10-16)4-6-15/h3-6,12-13H,7-9,11H2,1-2H3. The van der Waals surface area contributed by atoms with Gasteiger partial charge in [0.25, 0.3) is 0 Å². The van der Waals surface area contributed by atoms with Crippen LogP contribution in [0.1, 0.15) is 37.8 Å². The maximum atomic E-state index is 8.76. The van der Waals surface area contributed by atoms with Gasteiger partial charge in [-0.15, -0.1) is 0 Å². The number of piperidine rings is 1. The monoisotopic (exact) mass is 228 g/mol. The second-order valence-electron chi connectivity index (χ2n) is 5.26. The first-order valence-electron chi connectivity index (χ1n) is 6.42. The van der Waals surface area contributed by atoms with Crippen LogP contribution in [0.25, 0.3) is 0 Å². The molecule has 0 aromatic heterocycles. The Balaban J connectivity index is 1.98. The van der Waals surface area contributed by atoms with Crippen molar-refractivity contribution in [3.8, 4) is 6.07 Å². The lowest BCUT2D eigenvalue weighted by atomic mass is 9.93. The minimum Gasteiger partial charge on any atom is -0.296 e. The van der Waals surface area contributed by atoms with Crippen molar-refractivity contribution in [2.45, 2.75) is 39.3 Å². The first-order valence-corrected chi connectivity index (χ1v) is 6.42. The minimum atomic E-state index is 0.675. The summed E-state index contributed by atoms with van der Waals surface area (Å²) in [4.78, 5) is 2.54. The van der Waals surface area contributed by atoms with Crippen LogP contribution >= 0.6 is 0 Å². The molecule has 0 spiro atoms. The second kappa shape index (κ2) is 5.33. The molecule has 1 aliphatic rings. The van der Waals surface area contributed by atoms with E-state index in [2.05, 4.69) is 36.9 Å². The molecule has 1 aromatic carbocycles. The van der Waals surface area contributed by atoms with Crippen molar-refractivity contribution < 1.29 is 0 Å². The molecule has 0 bridgehead atoms. The van der Waals surface area contributed by atoms with E-state index in [0.29, 0.717) is 6.04 Å². The third-order valence-electron chi connectivity index (χ3n) is 3.74. The van der Waals surface area contributed by atoms with Crippen LogP contribution in [0.4, 0.5) is 0 Å². The van der Waals surface area contributed by atoms with E-state index in [1.807, 2.05) is 12.1 Å². The Kier molecular flexibility index (Phi) is 3.81. The number of hydrogen-bond acceptors (Lipinski definition) is 2. The summed E-state index contributed by atoms with van der Waals surface area (Å²) in [5.41, 5.74) is 2.06. The highest BCUT2D eigenvalue weighted by molar-refractivity contribution is 5.31. The van der Waals surface area contributed by atoms with E-state index in [1.165, 1.54) is 24.9 Å². The van der Waals surface area contributed by atoms with Crippen LogP contribution in [-0.4, -0.2) is 17.5 Å². The summed E-state index contributed by atoms with van der Waals surface area (Å²) in [6, 6.07) is 10.8. The average Bonchev–Trinajstić information content (AvgIpc) is 2.34. The SMILES string of the molecule is CC1CCN(Cc2ccc(C#N)cc2)C(C)C1. The van der Waals surface area contributed by atoms with Gasteiger partial charge in [0.15, 0.2) is 0 Å². The van der Waals surface area contributed by atoms with Gasteiger partial charge in [0.2, 0.25) is 0 Å². The van der Waals surface area contributed by atoms with Crippen LogP contribution in [0.15, 0.2) is 24.3 Å². The molecule has 1 heterocycles. The summed E-state index contributed by atoms with van der Waals surface area (Å²) in [5.74, 6) is 0.863. The molecule has 2 atom stereocenters. The maximum Gasteiger partial charge on any atom is 0.0991 e. The summed E-state index contributed by atoms with van der Waals surface area (Å²) in [7, 11) is 0. The van der Waals surface area contributed by atoms with E-state index in [4.69, 9.17) is 5.26 Å². The molecule has 0 aliphatic carbocycles. The van der Waals surface area contributed by atoms with Gasteiger partial charge in [-0.05, 0) is 49.9 Å². The molecule has 0 radical (unpaired) electrons. The Hall–Kier alpha value is -1.33. The van der Waals surface area contributed by atoms with Gasteiger partial charge >= 0.3 is 0 Å². The highest BCUT2D eigenvalue weighted by Gasteiger charge is 2.22. The Bertz CT molecular complexity index is 402. The quantitative estimate of drug-likeness (QED) is 0.777. The molecule has 2 heteroatoms. The second-order valence-corrected chi connectivity index (χ2v) is 5.26. The minimum absolute atomic E-state index is 0.675. The molecule has 1 saturated heterocycles. The zero-order chi connectivity index (χ0) is 12.3. The Morgan fingerprint density at radius 1 is 1.29 bits per heavy atom. The van der Waals surface area contributed by atoms with E-state index < -0.39 is 0 Å². The summed E-state index contributed by atoms with van der Waals surface area (Å²) >= 11 is 0. The molecule has 2 nitrogen and oxygen atoms in total. The van der Waals surface area contributed by atoms with Crippen molar-refractivity contribution >= 4 is 0 Å². The molecule has 2 unspecified atom stereocenters. The smallest absolute Gasteiger partial charge is 0.0991 e. The van der Waals surface area contributed by atoms with E-state index in [9.17, 15) is 0 Å². The van der Waals surface area contributed by atoms with Crippen LogP contribution in [0.3, 0.4) is 0 Å². The van der Waals surface area contributed by atoms with Crippen molar-refractivity contribution in [2.75, 3.05) is 6.54 Å². The molecular formula is C15H20N2. The molecular weight excluding hydrogens is 208 g/mol. The topological polar surface area (TPSA) is 27.0 Å². The Morgan fingerprint density at radius 3 is 2.59 bits per heavy atom. The lowest BCUT2D eigenvalue weighted by Crippen LogP contribution is -2.39. The van der Waals surface area contributed by atoms with Crippen molar-refractivity contribution in [3.63, 3.8) is 0 Å². The van der Waals surface area contributed by atoms with Gasteiger partial charge in [-0.2, -0.15) is 5.26 Å². The van der Waals surface area contributed by atoms with Crippen molar-refractivity contribution in [1.82, 2.24) is 4.90 Å². The average molecular weight is 228 g/mol. The lowest BCUT2D eigenvalue weighted by molar-refractivity contribution is 0.122. The van der Waals surface area contributed by atoms with Crippen LogP contribution in [0, 0.1) is 17.2 Å². The first kappa shape index (κ1) is 12.1. The first-order chi connectivity index (χ1) is 8.19. The molecule has 1 fully saturated rings. The molecule has 1 aliphatic heterocycles. The van der Waals surface area contributed by atoms with Crippen LogP contribution in [-0.2, 0) is 6.54 Å². The van der Waals surface area contributed by atoms with Gasteiger partial charge in [0.05, 0.1) is 11.6 Å². The third kappa shape index (κ3) is 3.08. The molecule has 0 saturated carbocycles. The normalized spacial score (nSPS) is 25.5. The van der Waals surface area contributed by atoms with Crippen molar-refractivity contribution in [1.29, 1.82) is 5.26 Å². The van der Waals surface area contributed by atoms with Gasteiger partial charge in [-0.1, -0.05) is 19.1 Å². The number of likely N-dealkylation sites (tertiary alicyclic amines) is 1. The van der Waals surface area contributed by atoms with Crippen molar-refractivity contribution in [3.05, 3.63) is 35.4 Å². The van der Waals surface area contributed by atoms with E-state index in [-0.39, 0.29) is 0 Å². The molecule has 1 aromatic rings. The van der Waals surface area contributed by atoms with Gasteiger partial charge in [0.1, 0.15) is 0 Å². The van der Waals surface area contributed by atoms with Gasteiger partial charge < -0.3 is 0 Å². The highest BCUT2D eigenvalue weighted by atomic mass is 15.2. The fourth-order valence-electron chi connectivity index (χ4n) is 2.61. The number of rotatable bonds is 2. The number of nitriles is 1. The number of benzene rings is 1. The highest BCUT2D eigenvalue weighted by Crippen LogP contribution is 2.23. The summed E-state index contributed by atoms with van der Waals surface area (Å²) in [5, 5.41) is 8.76. The van der Waals surface area contributed by atoms with E-state index >= 15 is 0 Å². The Morgan fingerprint density at radius 2 is 2.00 bits per heavy atom. The number of hydrogen-bond donors (Lipinski definition) is 0. The predicted octanol–water partition coefficient (Wildman–Crippen LogP) is 3.18.